The van der Waals surface area contributed by atoms with E-state index in [1.807, 2.05) is 0 Å². The van der Waals surface area contributed by atoms with E-state index in [0.29, 0.717) is 11.1 Å². The minimum atomic E-state index is -1.20. The van der Waals surface area contributed by atoms with E-state index in [-0.39, 0.29) is 5.56 Å². The van der Waals surface area contributed by atoms with Gasteiger partial charge in [-0.05, 0) is 51.0 Å². The molecule has 2 N–H and O–H groups in total. The van der Waals surface area contributed by atoms with Crippen LogP contribution in [0.5, 0.6) is 0 Å². The largest absolute Gasteiger partial charge is 0.480 e. The number of aliphatic carboxylic acids is 1. The molecule has 0 saturated heterocycles. The quantitative estimate of drug-likeness (QED) is 0.830. The van der Waals surface area contributed by atoms with E-state index < -0.39 is 35.1 Å². The SMILES string of the molecule is Cc1cc(C(=O)O)ccc1C(C)(C)C(C(=O)O)N(C)C(=O)OC(C)(C)C. The smallest absolute Gasteiger partial charge is 0.410 e. The number of carbonyl (C=O) groups is 3. The molecule has 0 radical (unpaired) electrons. The number of carboxylic acid groups (broad SMARTS) is 2. The number of likely N-dealkylation sites (N-methyl/N-ethyl adjacent to an activating group) is 1. The lowest BCUT2D eigenvalue weighted by Crippen LogP contribution is -2.54. The summed E-state index contributed by atoms with van der Waals surface area (Å²) in [5, 5.41) is 18.9. The zero-order valence-electron chi connectivity index (χ0n) is 16.3. The number of hydrogen-bond donors (Lipinski definition) is 2. The molecule has 0 bridgehead atoms. The topological polar surface area (TPSA) is 104 Å². The first-order chi connectivity index (χ1) is 11.7. The fourth-order valence-corrected chi connectivity index (χ4v) is 3.06. The summed E-state index contributed by atoms with van der Waals surface area (Å²) in [7, 11) is 1.38. The second kappa shape index (κ2) is 7.35. The first-order valence-corrected chi connectivity index (χ1v) is 8.21. The van der Waals surface area contributed by atoms with Crippen LogP contribution in [0.1, 0.15) is 56.1 Å². The van der Waals surface area contributed by atoms with Crippen molar-refractivity contribution in [3.63, 3.8) is 0 Å². The van der Waals surface area contributed by atoms with Gasteiger partial charge >= 0.3 is 18.0 Å². The van der Waals surface area contributed by atoms with E-state index in [2.05, 4.69) is 0 Å². The molecule has 1 unspecified atom stereocenters. The van der Waals surface area contributed by atoms with Gasteiger partial charge in [-0.25, -0.2) is 14.4 Å². The Morgan fingerprint density at radius 1 is 1.08 bits per heavy atom. The Labute approximate surface area is 153 Å². The van der Waals surface area contributed by atoms with Crippen LogP contribution >= 0.6 is 0 Å². The van der Waals surface area contributed by atoms with Gasteiger partial charge < -0.3 is 14.9 Å². The maximum absolute atomic E-state index is 12.4. The fraction of sp³-hybridized carbons (Fsp3) is 0.526. The second-order valence-electron chi connectivity index (χ2n) is 7.89. The maximum atomic E-state index is 12.4. The standard InChI is InChI=1S/C19H27NO6/c1-11-10-12(15(21)22)8-9-13(11)19(5,6)14(16(23)24)20(7)17(25)26-18(2,3)4/h8-10,14H,1-7H3,(H,21,22)(H,23,24). The summed E-state index contributed by atoms with van der Waals surface area (Å²) < 4.78 is 5.29. The summed E-state index contributed by atoms with van der Waals surface area (Å²) in [5.74, 6) is -2.23. The van der Waals surface area contributed by atoms with Gasteiger partial charge in [0, 0.05) is 12.5 Å². The highest BCUT2D eigenvalue weighted by Crippen LogP contribution is 2.33. The molecule has 0 aromatic heterocycles. The van der Waals surface area contributed by atoms with E-state index in [1.54, 1.807) is 47.6 Å². The number of aryl methyl sites for hydroxylation is 1. The van der Waals surface area contributed by atoms with Crippen LogP contribution < -0.4 is 0 Å². The van der Waals surface area contributed by atoms with Crippen molar-refractivity contribution < 1.29 is 29.3 Å². The van der Waals surface area contributed by atoms with Gasteiger partial charge in [0.2, 0.25) is 0 Å². The Morgan fingerprint density at radius 3 is 2.00 bits per heavy atom. The van der Waals surface area contributed by atoms with Crippen molar-refractivity contribution in [2.24, 2.45) is 0 Å². The normalized spacial score (nSPS) is 13.0. The second-order valence-corrected chi connectivity index (χ2v) is 7.89. The van der Waals surface area contributed by atoms with Crippen molar-refractivity contribution in [3.8, 4) is 0 Å². The molecule has 0 aliphatic rings. The van der Waals surface area contributed by atoms with Crippen LogP contribution in [0.3, 0.4) is 0 Å². The van der Waals surface area contributed by atoms with E-state index in [9.17, 15) is 19.5 Å². The molecule has 0 saturated carbocycles. The van der Waals surface area contributed by atoms with Gasteiger partial charge in [0.15, 0.2) is 0 Å². The monoisotopic (exact) mass is 365 g/mol. The number of benzene rings is 1. The highest BCUT2D eigenvalue weighted by atomic mass is 16.6. The third-order valence-electron chi connectivity index (χ3n) is 4.15. The van der Waals surface area contributed by atoms with Gasteiger partial charge in [-0.2, -0.15) is 0 Å². The van der Waals surface area contributed by atoms with Crippen LogP contribution in [0.25, 0.3) is 0 Å². The van der Waals surface area contributed by atoms with Crippen LogP contribution in [0.2, 0.25) is 0 Å². The van der Waals surface area contributed by atoms with Gasteiger partial charge in [-0.3, -0.25) is 4.90 Å². The number of rotatable bonds is 5. The molecule has 1 amide bonds. The Hall–Kier alpha value is -2.57. The van der Waals surface area contributed by atoms with Crippen molar-refractivity contribution in [1.82, 2.24) is 4.90 Å². The summed E-state index contributed by atoms with van der Waals surface area (Å²) in [6, 6.07) is 3.31. The number of hydrogen-bond acceptors (Lipinski definition) is 4. The molecular weight excluding hydrogens is 338 g/mol. The molecule has 1 aromatic rings. The molecular formula is C19H27NO6. The number of carboxylic acids is 2. The molecule has 0 aliphatic heterocycles. The molecule has 0 fully saturated rings. The van der Waals surface area contributed by atoms with Crippen molar-refractivity contribution in [3.05, 3.63) is 34.9 Å². The predicted octanol–water partition coefficient (Wildman–Crippen LogP) is 3.29. The lowest BCUT2D eigenvalue weighted by molar-refractivity contribution is -0.145. The van der Waals surface area contributed by atoms with Gasteiger partial charge in [-0.1, -0.05) is 19.9 Å². The molecule has 0 aliphatic carbocycles. The Bertz CT molecular complexity index is 717. The molecule has 1 rings (SSSR count). The molecule has 0 heterocycles. The average Bonchev–Trinajstić information content (AvgIpc) is 2.44. The first kappa shape index (κ1) is 21.5. The van der Waals surface area contributed by atoms with E-state index in [4.69, 9.17) is 9.84 Å². The minimum Gasteiger partial charge on any atom is -0.480 e. The Balaban J connectivity index is 3.33. The zero-order chi connectivity index (χ0) is 20.4. The summed E-state index contributed by atoms with van der Waals surface area (Å²) in [5.41, 5.74) is -0.339. The molecule has 7 nitrogen and oxygen atoms in total. The lowest BCUT2D eigenvalue weighted by Gasteiger charge is -2.39. The number of aromatic carboxylic acids is 1. The minimum absolute atomic E-state index is 0.120. The van der Waals surface area contributed by atoms with E-state index in [0.717, 1.165) is 4.90 Å². The summed E-state index contributed by atoms with van der Waals surface area (Å²) in [6.07, 6.45) is -0.738. The van der Waals surface area contributed by atoms with Crippen molar-refractivity contribution in [2.75, 3.05) is 7.05 Å². The van der Waals surface area contributed by atoms with Crippen molar-refractivity contribution >= 4 is 18.0 Å². The number of ether oxygens (including phenoxy) is 1. The highest BCUT2D eigenvalue weighted by molar-refractivity contribution is 5.88. The molecule has 26 heavy (non-hydrogen) atoms. The van der Waals surface area contributed by atoms with Gasteiger partial charge in [-0.15, -0.1) is 0 Å². The fourth-order valence-electron chi connectivity index (χ4n) is 3.06. The van der Waals surface area contributed by atoms with Crippen molar-refractivity contribution in [1.29, 1.82) is 0 Å². The average molecular weight is 365 g/mol. The maximum Gasteiger partial charge on any atom is 0.410 e. The third-order valence-corrected chi connectivity index (χ3v) is 4.15. The van der Waals surface area contributed by atoms with E-state index >= 15 is 0 Å². The lowest BCUT2D eigenvalue weighted by atomic mass is 9.75. The van der Waals surface area contributed by atoms with Gasteiger partial charge in [0.05, 0.1) is 5.56 Å². The molecule has 1 atom stereocenters. The molecule has 144 valence electrons. The van der Waals surface area contributed by atoms with Crippen LogP contribution in [-0.4, -0.2) is 51.8 Å². The van der Waals surface area contributed by atoms with E-state index in [1.165, 1.54) is 19.2 Å². The first-order valence-electron chi connectivity index (χ1n) is 8.21. The van der Waals surface area contributed by atoms with Crippen LogP contribution in [0.4, 0.5) is 4.79 Å². The van der Waals surface area contributed by atoms with Crippen LogP contribution in [-0.2, 0) is 14.9 Å². The summed E-state index contributed by atoms with van der Waals surface area (Å²) in [4.78, 5) is 36.5. The van der Waals surface area contributed by atoms with Crippen LogP contribution in [0.15, 0.2) is 18.2 Å². The third kappa shape index (κ3) is 4.74. The summed E-state index contributed by atoms with van der Waals surface area (Å²) >= 11 is 0. The van der Waals surface area contributed by atoms with Crippen molar-refractivity contribution in [2.45, 2.75) is 58.6 Å². The molecule has 1 aromatic carbocycles. The Morgan fingerprint density at radius 2 is 1.62 bits per heavy atom. The number of nitrogens with zero attached hydrogens (tertiary/aromatic N) is 1. The number of amides is 1. The molecule has 7 heteroatoms. The Kier molecular flexibility index (Phi) is 6.07. The van der Waals surface area contributed by atoms with Gasteiger partial charge in [0.1, 0.15) is 11.6 Å². The molecule has 0 spiro atoms. The van der Waals surface area contributed by atoms with Crippen LogP contribution in [0, 0.1) is 6.92 Å². The zero-order valence-corrected chi connectivity index (χ0v) is 16.3. The highest BCUT2D eigenvalue weighted by Gasteiger charge is 2.43. The van der Waals surface area contributed by atoms with Gasteiger partial charge in [0.25, 0.3) is 0 Å². The number of carbonyl (C=O) groups excluding carboxylic acids is 1. The predicted molar refractivity (Wildman–Crippen MR) is 96.6 cm³/mol. The summed E-state index contributed by atoms with van der Waals surface area (Å²) in [6.45, 7) is 10.2.